The Bertz CT molecular complexity index is 387. The van der Waals surface area contributed by atoms with Crippen LogP contribution in [0.2, 0.25) is 0 Å². The maximum absolute atomic E-state index is 12.8. The van der Waals surface area contributed by atoms with Gasteiger partial charge in [0.05, 0.1) is 18.5 Å². The zero-order valence-electron chi connectivity index (χ0n) is 12.2. The number of carboxylic acids is 1. The molecule has 0 aromatic heterocycles. The minimum Gasteiger partial charge on any atom is -0.481 e. The van der Waals surface area contributed by atoms with E-state index < -0.39 is 5.97 Å². The lowest BCUT2D eigenvalue weighted by molar-refractivity contribution is -0.143. The van der Waals surface area contributed by atoms with Gasteiger partial charge in [-0.25, -0.2) is 0 Å². The number of carbonyl (C=O) groups is 2. The Morgan fingerprint density at radius 1 is 1.45 bits per heavy atom. The van der Waals surface area contributed by atoms with E-state index in [2.05, 4.69) is 19.2 Å². The van der Waals surface area contributed by atoms with Crippen molar-refractivity contribution in [2.45, 2.75) is 45.2 Å². The molecule has 0 radical (unpaired) electrons. The van der Waals surface area contributed by atoms with Crippen molar-refractivity contribution in [1.29, 1.82) is 0 Å². The number of hydrogen-bond acceptors (Lipinski definition) is 4. The summed E-state index contributed by atoms with van der Waals surface area (Å²) in [5, 5.41) is 12.4. The van der Waals surface area contributed by atoms with Crippen molar-refractivity contribution in [1.82, 2.24) is 10.2 Å². The average molecular weight is 300 g/mol. The molecule has 0 bridgehead atoms. The van der Waals surface area contributed by atoms with E-state index >= 15 is 0 Å². The third kappa shape index (κ3) is 3.47. The fourth-order valence-electron chi connectivity index (χ4n) is 3.11. The highest BCUT2D eigenvalue weighted by Crippen LogP contribution is 2.32. The first-order valence-corrected chi connectivity index (χ1v) is 8.41. The van der Waals surface area contributed by atoms with Gasteiger partial charge < -0.3 is 15.3 Å². The summed E-state index contributed by atoms with van der Waals surface area (Å²) in [7, 11) is 0. The molecule has 2 fully saturated rings. The minimum atomic E-state index is -0.828. The maximum atomic E-state index is 12.8. The molecule has 5 nitrogen and oxygen atoms in total. The molecule has 2 aliphatic rings. The molecule has 1 amide bonds. The number of nitrogens with zero attached hydrogens (tertiary/aromatic N) is 1. The normalized spacial score (nSPS) is 30.0. The molecule has 6 heteroatoms. The van der Waals surface area contributed by atoms with E-state index in [-0.39, 0.29) is 29.8 Å². The molecule has 20 heavy (non-hydrogen) atoms. The molecule has 2 unspecified atom stereocenters. The third-order valence-electron chi connectivity index (χ3n) is 4.30. The van der Waals surface area contributed by atoms with Crippen molar-refractivity contribution < 1.29 is 14.7 Å². The van der Waals surface area contributed by atoms with Crippen LogP contribution in [-0.4, -0.2) is 58.6 Å². The number of rotatable bonds is 3. The summed E-state index contributed by atoms with van der Waals surface area (Å²) < 4.78 is 0. The zero-order valence-corrected chi connectivity index (χ0v) is 13.0. The molecule has 0 saturated carbocycles. The molecule has 2 aliphatic heterocycles. The first-order chi connectivity index (χ1) is 9.42. The van der Waals surface area contributed by atoms with Crippen LogP contribution in [0.3, 0.4) is 0 Å². The second kappa shape index (κ2) is 6.35. The summed E-state index contributed by atoms with van der Waals surface area (Å²) >= 11 is 1.74. The van der Waals surface area contributed by atoms with E-state index in [1.807, 2.05) is 0 Å². The lowest BCUT2D eigenvalue weighted by Gasteiger charge is -2.43. The minimum absolute atomic E-state index is 0.0475. The van der Waals surface area contributed by atoms with Gasteiger partial charge in [0.2, 0.25) is 5.91 Å². The molecule has 2 heterocycles. The quantitative estimate of drug-likeness (QED) is 0.819. The van der Waals surface area contributed by atoms with Gasteiger partial charge in [-0.1, -0.05) is 13.8 Å². The first-order valence-electron chi connectivity index (χ1n) is 7.25. The Labute approximate surface area is 124 Å². The van der Waals surface area contributed by atoms with Crippen molar-refractivity contribution in [3.05, 3.63) is 0 Å². The van der Waals surface area contributed by atoms with E-state index in [1.165, 1.54) is 0 Å². The number of amides is 1. The highest BCUT2D eigenvalue weighted by molar-refractivity contribution is 7.99. The van der Waals surface area contributed by atoms with Gasteiger partial charge in [0, 0.05) is 18.1 Å². The average Bonchev–Trinajstić information content (AvgIpc) is 2.37. The second-order valence-electron chi connectivity index (χ2n) is 6.34. The molecule has 2 rings (SSSR count). The summed E-state index contributed by atoms with van der Waals surface area (Å²) in [6, 6.07) is -0.353. The van der Waals surface area contributed by atoms with Crippen LogP contribution in [-0.2, 0) is 9.59 Å². The largest absolute Gasteiger partial charge is 0.481 e. The number of aliphatic carboxylic acids is 1. The SMILES string of the molecule is CC1(C)CCCNC1C(=O)N1CCSCC1CC(=O)O. The van der Waals surface area contributed by atoms with Gasteiger partial charge >= 0.3 is 5.97 Å². The Kier molecular flexibility index (Phi) is 4.96. The predicted molar refractivity (Wildman–Crippen MR) is 79.9 cm³/mol. The monoisotopic (exact) mass is 300 g/mol. The summed E-state index contributed by atoms with van der Waals surface area (Å²) in [4.78, 5) is 25.6. The van der Waals surface area contributed by atoms with Crippen LogP contribution >= 0.6 is 11.8 Å². The van der Waals surface area contributed by atoms with Crippen molar-refractivity contribution in [2.75, 3.05) is 24.6 Å². The smallest absolute Gasteiger partial charge is 0.305 e. The molecule has 114 valence electrons. The number of thioether (sulfide) groups is 1. The predicted octanol–water partition coefficient (Wildman–Crippen LogP) is 1.18. The lowest BCUT2D eigenvalue weighted by Crippen LogP contribution is -2.60. The highest BCUT2D eigenvalue weighted by atomic mass is 32.2. The number of hydrogen-bond donors (Lipinski definition) is 2. The van der Waals surface area contributed by atoms with E-state index in [0.29, 0.717) is 6.54 Å². The third-order valence-corrected chi connectivity index (χ3v) is 5.39. The van der Waals surface area contributed by atoms with Crippen LogP contribution in [0.5, 0.6) is 0 Å². The van der Waals surface area contributed by atoms with E-state index in [4.69, 9.17) is 5.11 Å². The van der Waals surface area contributed by atoms with Crippen molar-refractivity contribution in [2.24, 2.45) is 5.41 Å². The van der Waals surface area contributed by atoms with Crippen LogP contribution < -0.4 is 5.32 Å². The fraction of sp³-hybridized carbons (Fsp3) is 0.857. The summed E-state index contributed by atoms with van der Waals surface area (Å²) in [6.07, 6.45) is 2.17. The van der Waals surface area contributed by atoms with Gasteiger partial charge in [-0.2, -0.15) is 11.8 Å². The molecule has 0 aliphatic carbocycles. The van der Waals surface area contributed by atoms with Gasteiger partial charge in [-0.3, -0.25) is 9.59 Å². The van der Waals surface area contributed by atoms with Crippen LogP contribution in [0.15, 0.2) is 0 Å². The van der Waals surface area contributed by atoms with Crippen molar-refractivity contribution >= 4 is 23.6 Å². The summed E-state index contributed by atoms with van der Waals surface area (Å²) in [6.45, 7) is 5.76. The van der Waals surface area contributed by atoms with Crippen LogP contribution in [0, 0.1) is 5.41 Å². The molecule has 2 N–H and O–H groups in total. The molecule has 0 spiro atoms. The second-order valence-corrected chi connectivity index (χ2v) is 7.49. The highest BCUT2D eigenvalue weighted by Gasteiger charge is 2.41. The topological polar surface area (TPSA) is 69.6 Å². The number of carboxylic acid groups (broad SMARTS) is 1. The van der Waals surface area contributed by atoms with Gasteiger partial charge in [0.25, 0.3) is 0 Å². The van der Waals surface area contributed by atoms with Crippen LogP contribution in [0.4, 0.5) is 0 Å². The Morgan fingerprint density at radius 2 is 2.20 bits per heavy atom. The summed E-state index contributed by atoms with van der Waals surface area (Å²) in [5.41, 5.74) is -0.0618. The van der Waals surface area contributed by atoms with E-state index in [0.717, 1.165) is 30.9 Å². The van der Waals surface area contributed by atoms with E-state index in [9.17, 15) is 9.59 Å². The number of carbonyl (C=O) groups excluding carboxylic acids is 1. The molecule has 2 saturated heterocycles. The standard InChI is InChI=1S/C14H24N2O3S/c1-14(2)4-3-5-15-12(14)13(19)16-6-7-20-9-10(16)8-11(17)18/h10,12,15H,3-9H2,1-2H3,(H,17,18). The number of piperidine rings is 1. The molecular weight excluding hydrogens is 276 g/mol. The Balaban J connectivity index is 2.10. The molecule has 0 aromatic carbocycles. The van der Waals surface area contributed by atoms with Gasteiger partial charge in [0.15, 0.2) is 0 Å². The molecule has 0 aromatic rings. The van der Waals surface area contributed by atoms with Crippen LogP contribution in [0.1, 0.15) is 33.1 Å². The molecule has 2 atom stereocenters. The van der Waals surface area contributed by atoms with Gasteiger partial charge in [0.1, 0.15) is 0 Å². The Morgan fingerprint density at radius 3 is 2.85 bits per heavy atom. The molecular formula is C14H24N2O3S. The number of nitrogens with one attached hydrogen (secondary N) is 1. The van der Waals surface area contributed by atoms with E-state index in [1.54, 1.807) is 16.7 Å². The van der Waals surface area contributed by atoms with Crippen molar-refractivity contribution in [3.8, 4) is 0 Å². The zero-order chi connectivity index (χ0) is 14.8. The lowest BCUT2D eigenvalue weighted by atomic mass is 9.77. The van der Waals surface area contributed by atoms with Crippen molar-refractivity contribution in [3.63, 3.8) is 0 Å². The fourth-order valence-corrected chi connectivity index (χ4v) is 4.18. The first kappa shape index (κ1) is 15.6. The van der Waals surface area contributed by atoms with Crippen LogP contribution in [0.25, 0.3) is 0 Å². The maximum Gasteiger partial charge on any atom is 0.305 e. The van der Waals surface area contributed by atoms with Gasteiger partial charge in [-0.05, 0) is 24.8 Å². The van der Waals surface area contributed by atoms with Gasteiger partial charge in [-0.15, -0.1) is 0 Å². The summed E-state index contributed by atoms with van der Waals surface area (Å²) in [5.74, 6) is 0.882. The Hall–Kier alpha value is -0.750.